The number of carbonyl (C=O) groups is 6. The monoisotopic (exact) mass is 1930 g/mol. The number of aromatic nitrogens is 6. The van der Waals surface area contributed by atoms with Crippen LogP contribution in [0.25, 0.3) is 67.5 Å². The molecule has 0 bridgehead atoms. The van der Waals surface area contributed by atoms with E-state index in [-0.39, 0.29) is 35.4 Å². The largest absolute Gasteiger partial charge is 0.493 e. The van der Waals surface area contributed by atoms with E-state index < -0.39 is 0 Å². The van der Waals surface area contributed by atoms with Crippen molar-refractivity contribution >= 4 is 140 Å². The van der Waals surface area contributed by atoms with Gasteiger partial charge in [-0.3, -0.25) is 43.9 Å². The first-order chi connectivity index (χ1) is 65.6. The van der Waals surface area contributed by atoms with Crippen LogP contribution in [-0.2, 0) is 16.6 Å². The van der Waals surface area contributed by atoms with E-state index in [1.807, 2.05) is 221 Å². The van der Waals surface area contributed by atoms with E-state index in [0.717, 1.165) is 99.6 Å². The molecule has 6 amide bonds. The Balaban J connectivity index is 0.000000156. The maximum atomic E-state index is 12.8. The van der Waals surface area contributed by atoms with Gasteiger partial charge in [0.15, 0.2) is 42.0 Å². The second-order valence-electron chi connectivity index (χ2n) is 31.7. The predicted octanol–water partition coefficient (Wildman–Crippen LogP) is 28.3. The number of nitrogens with one attached hydrogen (secondary N) is 3. The summed E-state index contributed by atoms with van der Waals surface area (Å²) in [4.78, 5) is 105. The van der Waals surface area contributed by atoms with Crippen molar-refractivity contribution in [3.05, 3.63) is 335 Å². The van der Waals surface area contributed by atoms with Crippen molar-refractivity contribution in [2.75, 3.05) is 54.1 Å². The summed E-state index contributed by atoms with van der Waals surface area (Å²) in [5, 5.41) is 25.8. The molecular weight excluding hydrogens is 1820 g/mol. The maximum absolute atomic E-state index is 12.8. The number of unbranched alkanes of at least 4 members (excludes halogenated alkanes) is 10. The molecule has 0 saturated heterocycles. The van der Waals surface area contributed by atoms with Gasteiger partial charge in [-0.25, -0.2) is 24.9 Å². The molecule has 0 aliphatic rings. The van der Waals surface area contributed by atoms with E-state index in [4.69, 9.17) is 9.47 Å². The average Bonchev–Trinajstić information content (AvgIpc) is 1.66. The van der Waals surface area contributed by atoms with Gasteiger partial charge in [-0.2, -0.15) is 4.99 Å². The molecule has 0 unspecified atom stereocenters. The molecule has 0 fully saturated rings. The maximum Gasteiger partial charge on any atom is 0.289 e. The van der Waals surface area contributed by atoms with Gasteiger partial charge < -0.3 is 24.7 Å². The summed E-state index contributed by atoms with van der Waals surface area (Å²) in [6, 6.07) is 78.0. The van der Waals surface area contributed by atoms with Crippen molar-refractivity contribution in [3.8, 4) is 79.0 Å². The van der Waals surface area contributed by atoms with Gasteiger partial charge in [0.05, 0.1) is 53.3 Å². The highest BCUT2D eigenvalue weighted by molar-refractivity contribution is 7.15. The smallest absolute Gasteiger partial charge is 0.289 e. The molecule has 696 valence electrons. The first-order valence-electron chi connectivity index (χ1n) is 44.8. The fraction of sp³-hybridized carbons (Fsp3) is 0.241. The van der Waals surface area contributed by atoms with E-state index in [9.17, 15) is 28.8 Å². The zero-order valence-electron chi connectivity index (χ0n) is 78.2. The van der Waals surface area contributed by atoms with Crippen molar-refractivity contribution in [3.63, 3.8) is 0 Å². The van der Waals surface area contributed by atoms with Crippen molar-refractivity contribution in [1.29, 1.82) is 0 Å². The van der Waals surface area contributed by atoms with Gasteiger partial charge in [-0.15, -0.1) is 79.4 Å². The number of nitrogens with zero attached hydrogens (tertiary/aromatic N) is 9. The first kappa shape index (κ1) is 102. The number of thiazole rings is 6. The van der Waals surface area contributed by atoms with Gasteiger partial charge in [0.25, 0.3) is 23.6 Å². The minimum Gasteiger partial charge on any atom is -0.493 e. The summed E-state index contributed by atoms with van der Waals surface area (Å²) >= 11 is 10.2. The zero-order valence-corrected chi connectivity index (χ0v) is 83.9. The second-order valence-corrected chi connectivity index (χ2v) is 37.7. The summed E-state index contributed by atoms with van der Waals surface area (Å²) in [5.74, 6) is 0.720. The third kappa shape index (κ3) is 31.5. The lowest BCUT2D eigenvalue weighted by Crippen LogP contribution is -2.26. The quantitative estimate of drug-likeness (QED) is 0.0343. The van der Waals surface area contributed by atoms with Gasteiger partial charge in [0, 0.05) is 116 Å². The van der Waals surface area contributed by atoms with E-state index in [0.29, 0.717) is 76.4 Å². The highest BCUT2D eigenvalue weighted by Crippen LogP contribution is 2.35. The third-order valence-corrected chi connectivity index (χ3v) is 27.2. The molecule has 20 nitrogen and oxygen atoms in total. The zero-order chi connectivity index (χ0) is 95.8. The van der Waals surface area contributed by atoms with Gasteiger partial charge >= 0.3 is 0 Å². The number of ether oxygens (including phenoxy) is 2. The van der Waals surface area contributed by atoms with E-state index in [2.05, 4.69) is 129 Å². The minimum atomic E-state index is -0.181. The molecule has 0 aliphatic heterocycles. The molecule has 16 rings (SSSR count). The van der Waals surface area contributed by atoms with E-state index in [1.54, 1.807) is 74.5 Å². The summed E-state index contributed by atoms with van der Waals surface area (Å²) in [7, 11) is 8.53. The fourth-order valence-corrected chi connectivity index (χ4v) is 19.1. The Labute approximate surface area is 819 Å². The Hall–Kier alpha value is -13.1. The molecule has 3 N–H and O–H groups in total. The van der Waals surface area contributed by atoms with Crippen molar-refractivity contribution in [2.24, 2.45) is 12.0 Å². The van der Waals surface area contributed by atoms with E-state index in [1.165, 1.54) is 152 Å². The van der Waals surface area contributed by atoms with Crippen molar-refractivity contribution < 1.29 is 38.2 Å². The standard InChI is InChI=1S/C21H30N2OS.C19H18N2O3S.2C18H16N2OS.C17H16N2OS2.C15H18N2OS/c1-2-3-4-5-6-7-8-9-13-16-20(24)23-21-22-19(17-25-21)18-14-11-10-12-15-18;1-21(18(22)14-9-10-16(23-2)17(11-14)24-3)19-20-15(12-25-19)13-7-5-4-6-8-13;1-13-8-10-15(11-9-13)17(21)20(2)18-19-16(12-22-18)14-6-4-3-5-7-14;1-12-8-9-15(13(2)10-12)16-11-22-18(19-16)20-17(21)14-6-4-3-5-7-14;1-11-6-7-13(12(2)9-11)14-10-22-17(19(14)3)18-16(20)15-5-4-8-21-15;1-2-3-5-10-14(18)17-15-16-13(11-19-15)12-8-6-4-7-9-12/h10-12,14-15,17H,2-9,13,16H2,1H3,(H,22,23,24);4-12H,1-3H3;3-12H,1-2H3;3-11H,1-2H3,(H,19,20,21);4-10H,1-3H3;4,6-9,11H,2-3,5,10H2,1H3,(H,16,17,18). The lowest BCUT2D eigenvalue weighted by atomic mass is 10.0. The van der Waals surface area contributed by atoms with Crippen LogP contribution >= 0.6 is 79.4 Å². The van der Waals surface area contributed by atoms with Crippen LogP contribution in [0.15, 0.2) is 285 Å². The molecule has 0 atom stereocenters. The van der Waals surface area contributed by atoms with E-state index >= 15 is 0 Å². The predicted molar refractivity (Wildman–Crippen MR) is 563 cm³/mol. The van der Waals surface area contributed by atoms with Crippen molar-refractivity contribution in [1.82, 2.24) is 29.5 Å². The normalized spacial score (nSPS) is 10.7. The topological polar surface area (TPSA) is 245 Å². The first-order valence-corrected chi connectivity index (χ1v) is 51.0. The van der Waals surface area contributed by atoms with Crippen LogP contribution in [0.1, 0.15) is 172 Å². The molecule has 7 aromatic heterocycles. The number of benzene rings is 9. The summed E-state index contributed by atoms with van der Waals surface area (Å²) < 4.78 is 12.5. The Kier molecular flexibility index (Phi) is 40.7. The molecule has 0 aliphatic carbocycles. The van der Waals surface area contributed by atoms with Crippen LogP contribution in [0.2, 0.25) is 0 Å². The Morgan fingerprint density at radius 3 is 1.24 bits per heavy atom. The molecule has 0 spiro atoms. The third-order valence-electron chi connectivity index (χ3n) is 21.3. The Morgan fingerprint density at radius 2 is 0.770 bits per heavy atom. The molecule has 9 aromatic carbocycles. The number of methoxy groups -OCH3 is 2. The summed E-state index contributed by atoms with van der Waals surface area (Å²) in [6.07, 6.45) is 15.8. The van der Waals surface area contributed by atoms with Gasteiger partial charge in [-0.1, -0.05) is 289 Å². The van der Waals surface area contributed by atoms with Crippen LogP contribution in [0.5, 0.6) is 11.5 Å². The second kappa shape index (κ2) is 53.7. The fourth-order valence-electron chi connectivity index (χ4n) is 13.9. The van der Waals surface area contributed by atoms with Gasteiger partial charge in [-0.05, 0) is 112 Å². The Morgan fingerprint density at radius 1 is 0.370 bits per heavy atom. The van der Waals surface area contributed by atoms with Crippen LogP contribution in [0.3, 0.4) is 0 Å². The number of hydrogen-bond donors (Lipinski definition) is 3. The average molecular weight is 1930 g/mol. The summed E-state index contributed by atoms with van der Waals surface area (Å²) in [6.45, 7) is 14.7. The number of rotatable bonds is 31. The molecule has 135 heavy (non-hydrogen) atoms. The number of aryl methyl sites for hydroxylation is 5. The molecule has 27 heteroatoms. The van der Waals surface area contributed by atoms with Crippen LogP contribution in [-0.4, -0.2) is 93.2 Å². The van der Waals surface area contributed by atoms with Crippen LogP contribution < -0.4 is 40.0 Å². The highest BCUT2D eigenvalue weighted by atomic mass is 32.1. The minimum absolute atomic E-state index is 0.0473. The highest BCUT2D eigenvalue weighted by Gasteiger charge is 2.22. The van der Waals surface area contributed by atoms with Crippen LogP contribution in [0, 0.1) is 34.6 Å². The van der Waals surface area contributed by atoms with Gasteiger partial charge in [0.2, 0.25) is 11.8 Å². The number of amides is 6. The lowest BCUT2D eigenvalue weighted by Gasteiger charge is -2.15. The number of hydrogen-bond acceptors (Lipinski definition) is 20. The summed E-state index contributed by atoms with van der Waals surface area (Å²) in [5.41, 5.74) is 19.9. The molecule has 16 aromatic rings. The van der Waals surface area contributed by atoms with Crippen molar-refractivity contribution in [2.45, 2.75) is 138 Å². The SMILES string of the molecule is CCCCCC(=O)Nc1nc(-c2ccccc2)cs1.CCCCCCCCCCCC(=O)Nc1nc(-c2ccccc2)cs1.COc1ccc(C(=O)N(C)c2nc(-c3ccccc3)cs2)cc1OC.Cc1ccc(-c2csc(=NC(=O)c3cccs3)n2C)c(C)c1.Cc1ccc(-c2csc(NC(=O)c3ccccc3)n2)c(C)c1.Cc1ccc(C(=O)N(C)c2nc(-c3ccccc3)cs2)cc1. The van der Waals surface area contributed by atoms with Gasteiger partial charge in [0.1, 0.15) is 0 Å². The number of carbonyl (C=O) groups excluding carboxylic acids is 6. The molecule has 0 radical (unpaired) electrons. The molecular formula is C108H114N12O8S7. The molecule has 7 heterocycles. The lowest BCUT2D eigenvalue weighted by molar-refractivity contribution is -0.117. The van der Waals surface area contributed by atoms with Crippen LogP contribution in [0.4, 0.5) is 25.7 Å². The molecule has 0 saturated carbocycles. The Bertz CT molecular complexity index is 6490. The number of anilines is 5. The number of thiophene rings is 1.